The molecule has 0 aliphatic heterocycles. The van der Waals surface area contributed by atoms with Crippen LogP contribution in [0.15, 0.2) is 18.2 Å². The minimum Gasteiger partial charge on any atom is -0.493 e. The van der Waals surface area contributed by atoms with Gasteiger partial charge in [-0.1, -0.05) is 19.3 Å². The van der Waals surface area contributed by atoms with E-state index in [1.54, 1.807) is 25.3 Å². The van der Waals surface area contributed by atoms with E-state index >= 15 is 0 Å². The molecule has 1 aliphatic rings. The van der Waals surface area contributed by atoms with Crippen LogP contribution in [0.25, 0.3) is 0 Å². The Kier molecular flexibility index (Phi) is 6.20. The lowest BCUT2D eigenvalue weighted by molar-refractivity contribution is -0.141. The maximum atomic E-state index is 12.7. The van der Waals surface area contributed by atoms with Crippen molar-refractivity contribution >= 4 is 17.6 Å². The summed E-state index contributed by atoms with van der Waals surface area (Å²) in [5, 5.41) is 2.86. The second-order valence-electron chi connectivity index (χ2n) is 5.85. The summed E-state index contributed by atoms with van der Waals surface area (Å²) in [5.74, 6) is -0.250. The molecule has 2 rings (SSSR count). The third-order valence-electron chi connectivity index (χ3n) is 4.41. The molecule has 1 amide bonds. The molecule has 0 bridgehead atoms. The lowest BCUT2D eigenvalue weighted by Crippen LogP contribution is -2.46. The van der Waals surface area contributed by atoms with E-state index in [-0.39, 0.29) is 11.5 Å². The van der Waals surface area contributed by atoms with Crippen molar-refractivity contribution in [3.8, 4) is 5.75 Å². The Morgan fingerprint density at radius 3 is 2.46 bits per heavy atom. The van der Waals surface area contributed by atoms with Crippen molar-refractivity contribution in [3.63, 3.8) is 0 Å². The van der Waals surface area contributed by atoms with Crippen LogP contribution in [0.3, 0.4) is 0 Å². The molecule has 6 heteroatoms. The number of methoxy groups -OCH3 is 2. The first-order valence-corrected chi connectivity index (χ1v) is 8.28. The maximum Gasteiger partial charge on any atom is 0.341 e. The number of carbonyl (C=O) groups is 2. The van der Waals surface area contributed by atoms with Crippen molar-refractivity contribution in [1.82, 2.24) is 0 Å². The van der Waals surface area contributed by atoms with Crippen molar-refractivity contribution in [2.45, 2.75) is 44.6 Å². The van der Waals surface area contributed by atoms with E-state index in [2.05, 4.69) is 5.32 Å². The van der Waals surface area contributed by atoms with Crippen LogP contribution in [0, 0.1) is 0 Å². The molecule has 0 unspecified atom stereocenters. The summed E-state index contributed by atoms with van der Waals surface area (Å²) in [6.45, 7) is 2.27. The summed E-state index contributed by atoms with van der Waals surface area (Å²) in [7, 11) is 2.88. The SMILES string of the molecule is CCOc1ccc(NC(=O)C2(OC)CCCCC2)cc1C(=O)OC. The molecule has 1 aliphatic carbocycles. The van der Waals surface area contributed by atoms with E-state index in [0.717, 1.165) is 19.3 Å². The van der Waals surface area contributed by atoms with E-state index in [0.29, 0.717) is 30.9 Å². The standard InChI is InChI=1S/C18H25NO5/c1-4-24-15-9-8-13(12-14(15)16(20)22-2)19-17(21)18(23-3)10-6-5-7-11-18/h8-9,12H,4-7,10-11H2,1-3H3,(H,19,21). The smallest absolute Gasteiger partial charge is 0.341 e. The summed E-state index contributed by atoms with van der Waals surface area (Å²) in [5.41, 5.74) is 0.0144. The molecule has 0 spiro atoms. The lowest BCUT2D eigenvalue weighted by Gasteiger charge is -2.34. The van der Waals surface area contributed by atoms with Gasteiger partial charge in [0.2, 0.25) is 0 Å². The van der Waals surface area contributed by atoms with Gasteiger partial charge in [0.05, 0.1) is 13.7 Å². The first-order valence-electron chi connectivity index (χ1n) is 8.28. The zero-order chi connectivity index (χ0) is 17.6. The molecule has 1 N–H and O–H groups in total. The van der Waals surface area contributed by atoms with Gasteiger partial charge in [0.1, 0.15) is 16.9 Å². The van der Waals surface area contributed by atoms with Gasteiger partial charge in [0.25, 0.3) is 5.91 Å². The summed E-state index contributed by atoms with van der Waals surface area (Å²) >= 11 is 0. The van der Waals surface area contributed by atoms with Crippen LogP contribution >= 0.6 is 0 Å². The number of carbonyl (C=O) groups excluding carboxylic acids is 2. The summed E-state index contributed by atoms with van der Waals surface area (Å²) < 4.78 is 15.8. The average molecular weight is 335 g/mol. The second kappa shape index (κ2) is 8.15. The van der Waals surface area contributed by atoms with E-state index in [4.69, 9.17) is 14.2 Å². The molecule has 6 nitrogen and oxygen atoms in total. The number of hydrogen-bond donors (Lipinski definition) is 1. The zero-order valence-corrected chi connectivity index (χ0v) is 14.5. The predicted octanol–water partition coefficient (Wildman–Crippen LogP) is 3.16. The van der Waals surface area contributed by atoms with Gasteiger partial charge in [-0.05, 0) is 38.0 Å². The first-order chi connectivity index (χ1) is 11.6. The minimum absolute atomic E-state index is 0.176. The molecular weight excluding hydrogens is 310 g/mol. The van der Waals surface area contributed by atoms with Gasteiger partial charge in [-0.2, -0.15) is 0 Å². The largest absolute Gasteiger partial charge is 0.493 e. The molecule has 0 heterocycles. The van der Waals surface area contributed by atoms with Gasteiger partial charge in [-0.15, -0.1) is 0 Å². The number of nitrogens with one attached hydrogen (secondary N) is 1. The number of anilines is 1. The van der Waals surface area contributed by atoms with Gasteiger partial charge in [-0.3, -0.25) is 4.79 Å². The molecule has 24 heavy (non-hydrogen) atoms. The number of ether oxygens (including phenoxy) is 3. The summed E-state index contributed by atoms with van der Waals surface area (Å²) in [4.78, 5) is 24.6. The van der Waals surface area contributed by atoms with Crippen molar-refractivity contribution in [3.05, 3.63) is 23.8 Å². The number of esters is 1. The Labute approximate surface area is 142 Å². The van der Waals surface area contributed by atoms with E-state index in [9.17, 15) is 9.59 Å². The first kappa shape index (κ1) is 18.3. The van der Waals surface area contributed by atoms with E-state index in [1.807, 2.05) is 6.92 Å². The molecule has 1 fully saturated rings. The molecule has 132 valence electrons. The number of benzene rings is 1. The fourth-order valence-corrected chi connectivity index (χ4v) is 3.05. The monoisotopic (exact) mass is 335 g/mol. The molecule has 0 aromatic heterocycles. The second-order valence-corrected chi connectivity index (χ2v) is 5.85. The molecule has 1 saturated carbocycles. The average Bonchev–Trinajstić information content (AvgIpc) is 2.63. The zero-order valence-electron chi connectivity index (χ0n) is 14.5. The summed E-state index contributed by atoms with van der Waals surface area (Å²) in [6.07, 6.45) is 4.47. The summed E-state index contributed by atoms with van der Waals surface area (Å²) in [6, 6.07) is 4.94. The van der Waals surface area contributed by atoms with Crippen LogP contribution in [-0.2, 0) is 14.3 Å². The Balaban J connectivity index is 2.22. The van der Waals surface area contributed by atoms with Gasteiger partial charge in [0, 0.05) is 12.8 Å². The van der Waals surface area contributed by atoms with E-state index in [1.165, 1.54) is 7.11 Å². The third-order valence-corrected chi connectivity index (χ3v) is 4.41. The van der Waals surface area contributed by atoms with Crippen molar-refractivity contribution in [2.75, 3.05) is 26.1 Å². The highest BCUT2D eigenvalue weighted by atomic mass is 16.5. The van der Waals surface area contributed by atoms with Crippen LogP contribution in [0.4, 0.5) is 5.69 Å². The van der Waals surface area contributed by atoms with Gasteiger partial charge in [0.15, 0.2) is 0 Å². The third kappa shape index (κ3) is 3.87. The topological polar surface area (TPSA) is 73.9 Å². The highest BCUT2D eigenvalue weighted by molar-refractivity contribution is 5.99. The van der Waals surface area contributed by atoms with Gasteiger partial charge >= 0.3 is 5.97 Å². The fourth-order valence-electron chi connectivity index (χ4n) is 3.05. The van der Waals surface area contributed by atoms with Crippen LogP contribution in [-0.4, -0.2) is 38.3 Å². The van der Waals surface area contributed by atoms with E-state index < -0.39 is 11.6 Å². The Morgan fingerprint density at radius 2 is 1.88 bits per heavy atom. The molecule has 0 atom stereocenters. The number of amides is 1. The predicted molar refractivity (Wildman–Crippen MR) is 90.4 cm³/mol. The maximum absolute atomic E-state index is 12.7. The fraction of sp³-hybridized carbons (Fsp3) is 0.556. The number of hydrogen-bond acceptors (Lipinski definition) is 5. The normalized spacial score (nSPS) is 16.3. The Hall–Kier alpha value is -2.08. The number of rotatable bonds is 6. The molecule has 1 aromatic rings. The van der Waals surface area contributed by atoms with Crippen LogP contribution in [0.2, 0.25) is 0 Å². The van der Waals surface area contributed by atoms with Crippen LogP contribution < -0.4 is 10.1 Å². The quantitative estimate of drug-likeness (QED) is 0.808. The Morgan fingerprint density at radius 1 is 1.17 bits per heavy atom. The van der Waals surface area contributed by atoms with Crippen LogP contribution in [0.5, 0.6) is 5.75 Å². The Bertz CT molecular complexity index is 593. The molecule has 0 saturated heterocycles. The van der Waals surface area contributed by atoms with Crippen molar-refractivity contribution in [2.24, 2.45) is 0 Å². The molecule has 1 aromatic carbocycles. The van der Waals surface area contributed by atoms with Gasteiger partial charge in [-0.25, -0.2) is 4.79 Å². The van der Waals surface area contributed by atoms with Crippen LogP contribution in [0.1, 0.15) is 49.4 Å². The van der Waals surface area contributed by atoms with Crippen molar-refractivity contribution in [1.29, 1.82) is 0 Å². The minimum atomic E-state index is -0.789. The molecule has 0 radical (unpaired) electrons. The highest BCUT2D eigenvalue weighted by Gasteiger charge is 2.39. The highest BCUT2D eigenvalue weighted by Crippen LogP contribution is 2.33. The van der Waals surface area contributed by atoms with Crippen molar-refractivity contribution < 1.29 is 23.8 Å². The molecular formula is C18H25NO5. The van der Waals surface area contributed by atoms with Gasteiger partial charge < -0.3 is 19.5 Å². The lowest BCUT2D eigenvalue weighted by atomic mass is 9.84.